The van der Waals surface area contributed by atoms with Crippen molar-refractivity contribution in [2.75, 3.05) is 19.5 Å². The molecular weight excluding hydrogens is 425 g/mol. The maximum atomic E-state index is 13.2. The molecule has 0 aliphatic rings. The number of aromatic nitrogens is 2. The Morgan fingerprint density at radius 3 is 2.58 bits per heavy atom. The normalized spacial score (nSPS) is 10.6. The number of ether oxygens (including phenoxy) is 2. The highest BCUT2D eigenvalue weighted by Gasteiger charge is 2.10. The number of nitrogens with one attached hydrogen (secondary N) is 1. The predicted octanol–water partition coefficient (Wildman–Crippen LogP) is 4.14. The molecule has 0 fully saturated rings. The van der Waals surface area contributed by atoms with E-state index in [1.54, 1.807) is 32.4 Å². The van der Waals surface area contributed by atoms with Crippen LogP contribution in [0.1, 0.15) is 12.8 Å². The Kier molecular flexibility index (Phi) is 7.25. The minimum Gasteiger partial charge on any atom is -0.493 e. The number of rotatable bonds is 8. The van der Waals surface area contributed by atoms with Crippen molar-refractivity contribution in [3.63, 3.8) is 0 Å². The van der Waals surface area contributed by atoms with Gasteiger partial charge in [0.25, 0.3) is 5.56 Å². The van der Waals surface area contributed by atoms with Gasteiger partial charge in [0.05, 0.1) is 24.9 Å². The van der Waals surface area contributed by atoms with Gasteiger partial charge >= 0.3 is 0 Å². The lowest BCUT2D eigenvalue weighted by Crippen LogP contribution is -2.23. The van der Waals surface area contributed by atoms with E-state index in [9.17, 15) is 14.0 Å². The topological polar surface area (TPSA) is 82.5 Å². The van der Waals surface area contributed by atoms with Crippen molar-refractivity contribution in [3.8, 4) is 22.8 Å². The van der Waals surface area contributed by atoms with Crippen LogP contribution in [0, 0.1) is 5.82 Å². The molecule has 1 amide bonds. The van der Waals surface area contributed by atoms with Crippen molar-refractivity contribution in [2.45, 2.75) is 19.4 Å². The second-order valence-corrected chi connectivity index (χ2v) is 7.04. The number of hydrogen-bond acceptors (Lipinski definition) is 5. The van der Waals surface area contributed by atoms with Crippen LogP contribution < -0.4 is 20.3 Å². The van der Waals surface area contributed by atoms with Crippen LogP contribution in [0.15, 0.2) is 53.3 Å². The molecule has 0 aliphatic carbocycles. The lowest BCUT2D eigenvalue weighted by Gasteiger charge is -2.11. The SMILES string of the molecule is COc1ccc(-c2ccc(=O)n(CCCC(=O)Nc3ccc(F)c(Cl)c3)n2)cc1OC. The summed E-state index contributed by atoms with van der Waals surface area (Å²) in [5, 5.41) is 6.97. The molecule has 0 radical (unpaired) electrons. The quantitative estimate of drug-likeness (QED) is 0.563. The van der Waals surface area contributed by atoms with Gasteiger partial charge < -0.3 is 14.8 Å². The average Bonchev–Trinajstić information content (AvgIpc) is 2.77. The minimum absolute atomic E-state index is 0.0690. The molecule has 0 spiro atoms. The molecule has 0 unspecified atom stereocenters. The Hall–Kier alpha value is -3.39. The van der Waals surface area contributed by atoms with Crippen molar-refractivity contribution in [1.82, 2.24) is 9.78 Å². The fourth-order valence-corrected chi connectivity index (χ4v) is 3.13. The van der Waals surface area contributed by atoms with Crippen molar-refractivity contribution in [1.29, 1.82) is 0 Å². The van der Waals surface area contributed by atoms with Crippen molar-refractivity contribution in [2.24, 2.45) is 0 Å². The molecule has 2 aromatic carbocycles. The average molecular weight is 446 g/mol. The Labute approximate surface area is 183 Å². The van der Waals surface area contributed by atoms with Crippen molar-refractivity contribution >= 4 is 23.2 Å². The first-order valence-electron chi connectivity index (χ1n) is 9.46. The van der Waals surface area contributed by atoms with Gasteiger partial charge in [0.15, 0.2) is 11.5 Å². The van der Waals surface area contributed by atoms with E-state index in [0.717, 1.165) is 5.56 Å². The van der Waals surface area contributed by atoms with Gasteiger partial charge in [0.1, 0.15) is 5.82 Å². The second kappa shape index (κ2) is 10.1. The highest BCUT2D eigenvalue weighted by Crippen LogP contribution is 2.31. The molecule has 1 N–H and O–H groups in total. The summed E-state index contributed by atoms with van der Waals surface area (Å²) in [6, 6.07) is 12.4. The summed E-state index contributed by atoms with van der Waals surface area (Å²) in [7, 11) is 3.09. The second-order valence-electron chi connectivity index (χ2n) is 6.63. The zero-order valence-corrected chi connectivity index (χ0v) is 17.8. The number of amides is 1. The number of methoxy groups -OCH3 is 2. The van der Waals surface area contributed by atoms with E-state index >= 15 is 0 Å². The molecule has 3 rings (SSSR count). The predicted molar refractivity (Wildman–Crippen MR) is 116 cm³/mol. The lowest BCUT2D eigenvalue weighted by molar-refractivity contribution is -0.116. The van der Waals surface area contributed by atoms with E-state index in [2.05, 4.69) is 10.4 Å². The third-order valence-electron chi connectivity index (χ3n) is 4.52. The number of aryl methyl sites for hydroxylation is 1. The van der Waals surface area contributed by atoms with Crippen LogP contribution in [0.2, 0.25) is 5.02 Å². The van der Waals surface area contributed by atoms with Gasteiger partial charge in [-0.1, -0.05) is 11.6 Å². The molecule has 3 aromatic rings. The minimum atomic E-state index is -0.556. The Morgan fingerprint density at radius 1 is 1.10 bits per heavy atom. The van der Waals surface area contributed by atoms with Gasteiger partial charge in [0, 0.05) is 30.3 Å². The molecule has 0 saturated heterocycles. The number of benzene rings is 2. The van der Waals surface area contributed by atoms with Gasteiger partial charge in [-0.15, -0.1) is 0 Å². The number of carbonyl (C=O) groups excluding carboxylic acids is 1. The molecular formula is C22H21ClFN3O4. The van der Waals surface area contributed by atoms with E-state index in [-0.39, 0.29) is 29.5 Å². The third kappa shape index (κ3) is 5.61. The highest BCUT2D eigenvalue weighted by molar-refractivity contribution is 6.31. The maximum Gasteiger partial charge on any atom is 0.266 e. The lowest BCUT2D eigenvalue weighted by atomic mass is 10.1. The van der Waals surface area contributed by atoms with E-state index in [1.807, 2.05) is 6.07 Å². The summed E-state index contributed by atoms with van der Waals surface area (Å²) in [6.45, 7) is 0.261. The smallest absolute Gasteiger partial charge is 0.266 e. The highest BCUT2D eigenvalue weighted by atomic mass is 35.5. The molecule has 1 aromatic heterocycles. The van der Waals surface area contributed by atoms with Crippen LogP contribution in [0.3, 0.4) is 0 Å². The van der Waals surface area contributed by atoms with Gasteiger partial charge in [-0.05, 0) is 48.9 Å². The van der Waals surface area contributed by atoms with E-state index in [1.165, 1.54) is 28.9 Å². The molecule has 0 aliphatic heterocycles. The van der Waals surface area contributed by atoms with E-state index < -0.39 is 5.82 Å². The van der Waals surface area contributed by atoms with Gasteiger partial charge in [0.2, 0.25) is 5.91 Å². The largest absolute Gasteiger partial charge is 0.493 e. The fourth-order valence-electron chi connectivity index (χ4n) is 2.95. The summed E-state index contributed by atoms with van der Waals surface area (Å²) in [5.41, 5.74) is 1.49. The maximum absolute atomic E-state index is 13.2. The number of hydrogen-bond donors (Lipinski definition) is 1. The van der Waals surface area contributed by atoms with Crippen LogP contribution in [0.25, 0.3) is 11.3 Å². The summed E-state index contributed by atoms with van der Waals surface area (Å²) < 4.78 is 25.1. The molecule has 7 nitrogen and oxygen atoms in total. The first-order valence-corrected chi connectivity index (χ1v) is 9.84. The first-order chi connectivity index (χ1) is 14.9. The number of carbonyl (C=O) groups is 1. The van der Waals surface area contributed by atoms with Crippen LogP contribution in [0.4, 0.5) is 10.1 Å². The molecule has 0 atom stereocenters. The number of anilines is 1. The van der Waals surface area contributed by atoms with Gasteiger partial charge in [-0.2, -0.15) is 5.10 Å². The fraction of sp³-hybridized carbons (Fsp3) is 0.227. The first kappa shape index (κ1) is 22.3. The third-order valence-corrected chi connectivity index (χ3v) is 4.81. The zero-order valence-electron chi connectivity index (χ0n) is 17.0. The van der Waals surface area contributed by atoms with Crippen molar-refractivity contribution < 1.29 is 18.7 Å². The molecule has 0 saturated carbocycles. The van der Waals surface area contributed by atoms with Gasteiger partial charge in [-0.3, -0.25) is 9.59 Å². The zero-order chi connectivity index (χ0) is 22.4. The Bertz CT molecular complexity index is 1150. The molecule has 9 heteroatoms. The standard InChI is InChI=1S/C22H21ClFN3O4/c1-30-19-9-5-14(12-20(19)31-2)18-8-10-22(29)27(26-18)11-3-4-21(28)25-15-6-7-17(24)16(23)13-15/h5-10,12-13H,3-4,11H2,1-2H3,(H,25,28). The summed E-state index contributed by atoms with van der Waals surface area (Å²) in [5.74, 6) is 0.316. The van der Waals surface area contributed by atoms with E-state index in [0.29, 0.717) is 29.3 Å². The molecule has 0 bridgehead atoms. The monoisotopic (exact) mass is 445 g/mol. The summed E-state index contributed by atoms with van der Waals surface area (Å²) in [6.07, 6.45) is 0.548. The molecule has 1 heterocycles. The Morgan fingerprint density at radius 2 is 1.87 bits per heavy atom. The van der Waals surface area contributed by atoms with Crippen LogP contribution >= 0.6 is 11.6 Å². The number of nitrogens with zero attached hydrogens (tertiary/aromatic N) is 2. The van der Waals surface area contributed by atoms with Crippen LogP contribution in [0.5, 0.6) is 11.5 Å². The van der Waals surface area contributed by atoms with E-state index in [4.69, 9.17) is 21.1 Å². The molecule has 31 heavy (non-hydrogen) atoms. The van der Waals surface area contributed by atoms with Gasteiger partial charge in [-0.25, -0.2) is 9.07 Å². The summed E-state index contributed by atoms with van der Waals surface area (Å²) >= 11 is 5.71. The number of halogens is 2. The van der Waals surface area contributed by atoms with Crippen LogP contribution in [-0.4, -0.2) is 29.9 Å². The van der Waals surface area contributed by atoms with Crippen molar-refractivity contribution in [3.05, 3.63) is 69.7 Å². The molecule has 162 valence electrons. The van der Waals surface area contributed by atoms with Crippen LogP contribution in [-0.2, 0) is 11.3 Å². The summed E-state index contributed by atoms with van der Waals surface area (Å²) in [4.78, 5) is 24.3. The Balaban J connectivity index is 1.65.